The number of rotatable bonds is 5. The van der Waals surface area contributed by atoms with Gasteiger partial charge in [0.25, 0.3) is 0 Å². The predicted octanol–water partition coefficient (Wildman–Crippen LogP) is 2.16. The molecule has 0 saturated carbocycles. The van der Waals surface area contributed by atoms with Gasteiger partial charge in [0, 0.05) is 16.6 Å². The third-order valence-corrected chi connectivity index (χ3v) is 2.77. The average molecular weight is 302 g/mol. The van der Waals surface area contributed by atoms with Crippen LogP contribution in [0.15, 0.2) is 16.6 Å². The van der Waals surface area contributed by atoms with Gasteiger partial charge in [-0.25, -0.2) is 0 Å². The molecule has 1 aromatic rings. The van der Waals surface area contributed by atoms with Gasteiger partial charge in [-0.3, -0.25) is 4.79 Å². The molecule has 0 unspecified atom stereocenters. The molecular formula is C12H16BrNO3. The number of aryl methyl sites for hydroxylation is 1. The number of methoxy groups -OCH3 is 1. The number of carbonyl (C=O) groups is 1. The molecule has 1 rings (SSSR count). The largest absolute Gasteiger partial charge is 0.492 e. The number of nitrogens with two attached hydrogens (primary N) is 1. The van der Waals surface area contributed by atoms with Gasteiger partial charge in [0.15, 0.2) is 0 Å². The van der Waals surface area contributed by atoms with Gasteiger partial charge in [0.2, 0.25) is 0 Å². The Hall–Kier alpha value is -1.07. The smallest absolute Gasteiger partial charge is 0.308 e. The molecule has 1 aromatic carbocycles. The molecule has 0 heterocycles. The van der Waals surface area contributed by atoms with Crippen molar-refractivity contribution in [1.82, 2.24) is 0 Å². The molecule has 4 nitrogen and oxygen atoms in total. The molecule has 0 bridgehead atoms. The SMILES string of the molecule is COC(=O)CCOc1c(C)cc(Br)cc1CN. The highest BCUT2D eigenvalue weighted by Gasteiger charge is 2.09. The molecular weight excluding hydrogens is 286 g/mol. The van der Waals surface area contributed by atoms with Gasteiger partial charge in [-0.15, -0.1) is 0 Å². The average Bonchev–Trinajstić information content (AvgIpc) is 2.30. The number of hydrogen-bond acceptors (Lipinski definition) is 4. The monoisotopic (exact) mass is 301 g/mol. The van der Waals surface area contributed by atoms with Crippen LogP contribution in [0, 0.1) is 6.92 Å². The molecule has 0 aromatic heterocycles. The lowest BCUT2D eigenvalue weighted by atomic mass is 10.1. The van der Waals surface area contributed by atoms with E-state index >= 15 is 0 Å². The molecule has 0 radical (unpaired) electrons. The summed E-state index contributed by atoms with van der Waals surface area (Å²) in [5.41, 5.74) is 7.56. The molecule has 0 aliphatic rings. The Balaban J connectivity index is 2.73. The van der Waals surface area contributed by atoms with Gasteiger partial charge >= 0.3 is 5.97 Å². The second kappa shape index (κ2) is 6.61. The molecule has 2 N–H and O–H groups in total. The number of carbonyl (C=O) groups excluding carboxylic acids is 1. The van der Waals surface area contributed by atoms with Gasteiger partial charge in [-0.05, 0) is 24.6 Å². The van der Waals surface area contributed by atoms with Crippen molar-refractivity contribution in [2.75, 3.05) is 13.7 Å². The van der Waals surface area contributed by atoms with Crippen molar-refractivity contribution < 1.29 is 14.3 Å². The van der Waals surface area contributed by atoms with E-state index in [1.54, 1.807) is 0 Å². The normalized spacial score (nSPS) is 10.1. The van der Waals surface area contributed by atoms with Gasteiger partial charge in [0.05, 0.1) is 20.1 Å². The number of benzene rings is 1. The maximum atomic E-state index is 11.0. The van der Waals surface area contributed by atoms with Gasteiger partial charge in [0.1, 0.15) is 5.75 Å². The topological polar surface area (TPSA) is 61.5 Å². The molecule has 5 heteroatoms. The second-order valence-electron chi connectivity index (χ2n) is 3.59. The number of halogens is 1. The van der Waals surface area contributed by atoms with E-state index in [1.165, 1.54) is 7.11 Å². The lowest BCUT2D eigenvalue weighted by Crippen LogP contribution is -2.10. The van der Waals surface area contributed by atoms with E-state index in [9.17, 15) is 4.79 Å². The third-order valence-electron chi connectivity index (χ3n) is 2.32. The summed E-state index contributed by atoms with van der Waals surface area (Å²) in [7, 11) is 1.36. The maximum absolute atomic E-state index is 11.0. The molecule has 0 aliphatic heterocycles. The van der Waals surface area contributed by atoms with Crippen molar-refractivity contribution in [2.45, 2.75) is 19.9 Å². The standard InChI is InChI=1S/C12H16BrNO3/c1-8-5-10(13)6-9(7-14)12(8)17-4-3-11(15)16-2/h5-6H,3-4,7,14H2,1-2H3. The van der Waals surface area contributed by atoms with E-state index < -0.39 is 0 Å². The molecule has 0 saturated heterocycles. The number of hydrogen-bond donors (Lipinski definition) is 1. The van der Waals surface area contributed by atoms with Crippen LogP contribution in [0.25, 0.3) is 0 Å². The summed E-state index contributed by atoms with van der Waals surface area (Å²) >= 11 is 3.41. The van der Waals surface area contributed by atoms with Crippen LogP contribution >= 0.6 is 15.9 Å². The van der Waals surface area contributed by atoms with Gasteiger partial charge in [-0.1, -0.05) is 15.9 Å². The highest BCUT2D eigenvalue weighted by Crippen LogP contribution is 2.27. The fourth-order valence-electron chi connectivity index (χ4n) is 1.50. The van der Waals surface area contributed by atoms with E-state index in [1.807, 2.05) is 19.1 Å². The summed E-state index contributed by atoms with van der Waals surface area (Å²) < 4.78 is 11.1. The van der Waals surface area contributed by atoms with Crippen LogP contribution in [0.3, 0.4) is 0 Å². The predicted molar refractivity (Wildman–Crippen MR) is 68.9 cm³/mol. The summed E-state index contributed by atoms with van der Waals surface area (Å²) in [4.78, 5) is 11.0. The summed E-state index contributed by atoms with van der Waals surface area (Å²) in [6.07, 6.45) is 0.232. The Morgan fingerprint density at radius 2 is 2.18 bits per heavy atom. The van der Waals surface area contributed by atoms with Crippen molar-refractivity contribution in [1.29, 1.82) is 0 Å². The second-order valence-corrected chi connectivity index (χ2v) is 4.51. The highest BCUT2D eigenvalue weighted by molar-refractivity contribution is 9.10. The summed E-state index contributed by atoms with van der Waals surface area (Å²) in [6.45, 7) is 2.63. The lowest BCUT2D eigenvalue weighted by molar-refractivity contribution is -0.141. The molecule has 0 aliphatic carbocycles. The zero-order valence-corrected chi connectivity index (χ0v) is 11.5. The minimum atomic E-state index is -0.283. The quantitative estimate of drug-likeness (QED) is 0.847. The van der Waals surface area contributed by atoms with Crippen molar-refractivity contribution in [3.63, 3.8) is 0 Å². The minimum absolute atomic E-state index is 0.232. The Bertz CT molecular complexity index is 407. The Morgan fingerprint density at radius 3 is 2.76 bits per heavy atom. The molecule has 0 atom stereocenters. The van der Waals surface area contributed by atoms with E-state index in [2.05, 4.69) is 20.7 Å². The van der Waals surface area contributed by atoms with Crippen LogP contribution < -0.4 is 10.5 Å². The fraction of sp³-hybridized carbons (Fsp3) is 0.417. The van der Waals surface area contributed by atoms with Crippen molar-refractivity contribution >= 4 is 21.9 Å². The Morgan fingerprint density at radius 1 is 1.47 bits per heavy atom. The fourth-order valence-corrected chi connectivity index (χ4v) is 2.12. The zero-order chi connectivity index (χ0) is 12.8. The first-order chi connectivity index (χ1) is 8.08. The van der Waals surface area contributed by atoms with Crippen LogP contribution in [-0.2, 0) is 16.1 Å². The third kappa shape index (κ3) is 4.02. The zero-order valence-electron chi connectivity index (χ0n) is 9.96. The molecule has 94 valence electrons. The van der Waals surface area contributed by atoms with E-state index in [0.717, 1.165) is 21.3 Å². The first-order valence-electron chi connectivity index (χ1n) is 5.27. The lowest BCUT2D eigenvalue weighted by Gasteiger charge is -2.13. The summed E-state index contributed by atoms with van der Waals surface area (Å²) in [5, 5.41) is 0. The van der Waals surface area contributed by atoms with Crippen LogP contribution in [0.1, 0.15) is 17.5 Å². The van der Waals surface area contributed by atoms with Crippen molar-refractivity contribution in [3.8, 4) is 5.75 Å². The van der Waals surface area contributed by atoms with Crippen LogP contribution in [0.2, 0.25) is 0 Å². The highest BCUT2D eigenvalue weighted by atomic mass is 79.9. The molecule has 0 spiro atoms. The summed E-state index contributed by atoms with van der Waals surface area (Å²) in [5.74, 6) is 0.466. The van der Waals surface area contributed by atoms with Crippen LogP contribution in [-0.4, -0.2) is 19.7 Å². The molecule has 17 heavy (non-hydrogen) atoms. The molecule has 0 fully saturated rings. The Kier molecular flexibility index (Phi) is 5.44. The number of esters is 1. The van der Waals surface area contributed by atoms with Crippen LogP contribution in [0.4, 0.5) is 0 Å². The van der Waals surface area contributed by atoms with Crippen molar-refractivity contribution in [2.24, 2.45) is 5.73 Å². The summed E-state index contributed by atoms with van der Waals surface area (Å²) in [6, 6.07) is 3.87. The first kappa shape index (κ1) is 14.0. The minimum Gasteiger partial charge on any atom is -0.492 e. The Labute approximate surface area is 109 Å². The van der Waals surface area contributed by atoms with Gasteiger partial charge in [-0.2, -0.15) is 0 Å². The van der Waals surface area contributed by atoms with Crippen molar-refractivity contribution in [3.05, 3.63) is 27.7 Å². The van der Waals surface area contributed by atoms with Gasteiger partial charge < -0.3 is 15.2 Å². The van der Waals surface area contributed by atoms with E-state index in [0.29, 0.717) is 13.2 Å². The maximum Gasteiger partial charge on any atom is 0.308 e. The first-order valence-corrected chi connectivity index (χ1v) is 6.06. The van der Waals surface area contributed by atoms with E-state index in [4.69, 9.17) is 10.5 Å². The number of ether oxygens (including phenoxy) is 2. The molecule has 0 amide bonds. The van der Waals surface area contributed by atoms with E-state index in [-0.39, 0.29) is 12.4 Å². The van der Waals surface area contributed by atoms with Crippen LogP contribution in [0.5, 0.6) is 5.75 Å².